The molecule has 2 aromatic carbocycles. The molecule has 1 atom stereocenters. The van der Waals surface area contributed by atoms with Crippen LogP contribution in [0.25, 0.3) is 10.9 Å². The van der Waals surface area contributed by atoms with Gasteiger partial charge in [0.15, 0.2) is 6.10 Å². The molecule has 3 aromatic rings. The maximum Gasteiger partial charge on any atom is 0.265 e. The van der Waals surface area contributed by atoms with Gasteiger partial charge in [-0.1, -0.05) is 18.2 Å². The van der Waals surface area contributed by atoms with Gasteiger partial charge in [0.2, 0.25) is 0 Å². The molecule has 3 rings (SSSR count). The highest BCUT2D eigenvalue weighted by Gasteiger charge is 2.15. The van der Waals surface area contributed by atoms with Crippen molar-refractivity contribution in [3.05, 3.63) is 60.3 Å². The van der Waals surface area contributed by atoms with Gasteiger partial charge in [-0.15, -0.1) is 0 Å². The summed E-state index contributed by atoms with van der Waals surface area (Å²) >= 11 is 0. The molecule has 0 bridgehead atoms. The third-order valence-electron chi connectivity index (χ3n) is 4.15. The van der Waals surface area contributed by atoms with Crippen LogP contribution < -0.4 is 10.1 Å². The molecule has 0 aliphatic carbocycles. The van der Waals surface area contributed by atoms with E-state index in [0.29, 0.717) is 5.75 Å². The van der Waals surface area contributed by atoms with E-state index in [-0.39, 0.29) is 12.5 Å². The molecule has 0 saturated carbocycles. The molecule has 5 nitrogen and oxygen atoms in total. The Morgan fingerprint density at radius 1 is 1.24 bits per heavy atom. The van der Waals surface area contributed by atoms with E-state index in [9.17, 15) is 9.90 Å². The molecule has 1 unspecified atom stereocenters. The zero-order valence-electron chi connectivity index (χ0n) is 14.4. The van der Waals surface area contributed by atoms with Gasteiger partial charge in [0.1, 0.15) is 5.75 Å². The molecule has 1 aromatic heterocycles. The van der Waals surface area contributed by atoms with Crippen LogP contribution in [0.3, 0.4) is 0 Å². The summed E-state index contributed by atoms with van der Waals surface area (Å²) in [6.45, 7) is 4.60. The minimum absolute atomic E-state index is 0.0606. The molecule has 0 aliphatic heterocycles. The van der Waals surface area contributed by atoms with Crippen LogP contribution in [-0.4, -0.2) is 21.7 Å². The van der Waals surface area contributed by atoms with Gasteiger partial charge in [0.05, 0.1) is 12.1 Å². The molecule has 25 heavy (non-hydrogen) atoms. The van der Waals surface area contributed by atoms with E-state index in [2.05, 4.69) is 22.9 Å². The number of ether oxygens (including phenoxy) is 1. The standard InChI is InChI=1S/C20H22N2O3/c1-3-22-10-9-16-7-8-17(12-19(16)22)21-20(24)14(2)25-18-6-4-5-15(11-18)13-23/h4-12,14,23H,3,13H2,1-2H3,(H,21,24). The molecule has 0 aliphatic rings. The van der Waals surface area contributed by atoms with Crippen LogP contribution >= 0.6 is 0 Å². The van der Waals surface area contributed by atoms with Crippen molar-refractivity contribution >= 4 is 22.5 Å². The monoisotopic (exact) mass is 338 g/mol. The maximum atomic E-state index is 12.4. The molecule has 1 heterocycles. The number of aliphatic hydroxyl groups excluding tert-OH is 1. The summed E-state index contributed by atoms with van der Waals surface area (Å²) in [5, 5.41) is 13.2. The minimum atomic E-state index is -0.650. The summed E-state index contributed by atoms with van der Waals surface area (Å²) in [5.41, 5.74) is 2.57. The van der Waals surface area contributed by atoms with Gasteiger partial charge in [0.25, 0.3) is 5.91 Å². The van der Waals surface area contributed by atoms with Gasteiger partial charge >= 0.3 is 0 Å². The van der Waals surface area contributed by atoms with Gasteiger partial charge in [-0.2, -0.15) is 0 Å². The normalized spacial score (nSPS) is 12.1. The van der Waals surface area contributed by atoms with Crippen LogP contribution in [-0.2, 0) is 17.9 Å². The molecule has 0 radical (unpaired) electrons. The first-order valence-corrected chi connectivity index (χ1v) is 8.37. The Morgan fingerprint density at radius 3 is 2.84 bits per heavy atom. The summed E-state index contributed by atoms with van der Waals surface area (Å²) in [6.07, 6.45) is 1.39. The Bertz CT molecular complexity index is 886. The number of nitrogens with one attached hydrogen (secondary N) is 1. The van der Waals surface area contributed by atoms with Crippen molar-refractivity contribution in [1.82, 2.24) is 4.57 Å². The number of aromatic nitrogens is 1. The number of rotatable bonds is 6. The zero-order chi connectivity index (χ0) is 17.8. The minimum Gasteiger partial charge on any atom is -0.481 e. The first-order valence-electron chi connectivity index (χ1n) is 8.37. The highest BCUT2D eigenvalue weighted by atomic mass is 16.5. The molecule has 5 heteroatoms. The summed E-state index contributed by atoms with van der Waals surface area (Å²) in [5.74, 6) is 0.341. The van der Waals surface area contributed by atoms with Crippen molar-refractivity contribution in [1.29, 1.82) is 0 Å². The number of fused-ring (bicyclic) bond motifs is 1. The number of benzene rings is 2. The fraction of sp³-hybridized carbons (Fsp3) is 0.250. The van der Waals surface area contributed by atoms with Crippen LogP contribution in [0.5, 0.6) is 5.75 Å². The average molecular weight is 338 g/mol. The van der Waals surface area contributed by atoms with E-state index < -0.39 is 6.10 Å². The molecule has 2 N–H and O–H groups in total. The maximum absolute atomic E-state index is 12.4. The Kier molecular flexibility index (Phi) is 5.05. The number of carbonyl (C=O) groups is 1. The number of aryl methyl sites for hydroxylation is 1. The van der Waals surface area contributed by atoms with E-state index in [0.717, 1.165) is 28.7 Å². The quantitative estimate of drug-likeness (QED) is 0.722. The van der Waals surface area contributed by atoms with Gasteiger partial charge in [-0.25, -0.2) is 0 Å². The van der Waals surface area contributed by atoms with Crippen molar-refractivity contribution in [2.24, 2.45) is 0 Å². The number of amides is 1. The lowest BCUT2D eigenvalue weighted by molar-refractivity contribution is -0.122. The van der Waals surface area contributed by atoms with E-state index >= 15 is 0 Å². The first-order chi connectivity index (χ1) is 12.1. The average Bonchev–Trinajstić information content (AvgIpc) is 3.04. The van der Waals surface area contributed by atoms with E-state index in [1.807, 2.05) is 24.4 Å². The Balaban J connectivity index is 1.70. The molecule has 130 valence electrons. The number of hydrogen-bond donors (Lipinski definition) is 2. The SMILES string of the molecule is CCn1ccc2ccc(NC(=O)C(C)Oc3cccc(CO)c3)cc21. The van der Waals surface area contributed by atoms with Gasteiger partial charge in [0, 0.05) is 18.4 Å². The molecular weight excluding hydrogens is 316 g/mol. The fourth-order valence-electron chi connectivity index (χ4n) is 2.76. The summed E-state index contributed by atoms with van der Waals surface area (Å²) in [7, 11) is 0. The van der Waals surface area contributed by atoms with Crippen LogP contribution in [0, 0.1) is 0 Å². The topological polar surface area (TPSA) is 63.5 Å². The molecule has 0 spiro atoms. The van der Waals surface area contributed by atoms with Gasteiger partial charge in [-0.05, 0) is 55.1 Å². The summed E-state index contributed by atoms with van der Waals surface area (Å²) in [4.78, 5) is 12.4. The number of carbonyl (C=O) groups excluding carboxylic acids is 1. The van der Waals surface area contributed by atoms with Crippen LogP contribution in [0.15, 0.2) is 54.7 Å². The first kappa shape index (κ1) is 17.0. The van der Waals surface area contributed by atoms with Crippen LogP contribution in [0.4, 0.5) is 5.69 Å². The van der Waals surface area contributed by atoms with Crippen molar-refractivity contribution in [3.63, 3.8) is 0 Å². The van der Waals surface area contributed by atoms with Crippen molar-refractivity contribution < 1.29 is 14.6 Å². The second kappa shape index (κ2) is 7.40. The van der Waals surface area contributed by atoms with E-state index in [1.165, 1.54) is 0 Å². The van der Waals surface area contributed by atoms with Crippen molar-refractivity contribution in [2.45, 2.75) is 33.1 Å². The lowest BCUT2D eigenvalue weighted by atomic mass is 10.2. The number of anilines is 1. The van der Waals surface area contributed by atoms with Crippen LogP contribution in [0.2, 0.25) is 0 Å². The lowest BCUT2D eigenvalue weighted by Gasteiger charge is -2.15. The summed E-state index contributed by atoms with van der Waals surface area (Å²) < 4.78 is 7.81. The van der Waals surface area contributed by atoms with Gasteiger partial charge in [-0.3, -0.25) is 4.79 Å². The zero-order valence-corrected chi connectivity index (χ0v) is 14.4. The van der Waals surface area contributed by atoms with Crippen molar-refractivity contribution in [2.75, 3.05) is 5.32 Å². The smallest absolute Gasteiger partial charge is 0.265 e. The molecule has 0 fully saturated rings. The number of hydrogen-bond acceptors (Lipinski definition) is 3. The third-order valence-corrected chi connectivity index (χ3v) is 4.15. The Hall–Kier alpha value is -2.79. The van der Waals surface area contributed by atoms with Crippen molar-refractivity contribution in [3.8, 4) is 5.75 Å². The van der Waals surface area contributed by atoms with E-state index in [1.54, 1.807) is 31.2 Å². The second-order valence-electron chi connectivity index (χ2n) is 5.93. The summed E-state index contributed by atoms with van der Waals surface area (Å²) in [6, 6.07) is 15.0. The molecular formula is C20H22N2O3. The van der Waals surface area contributed by atoms with Crippen LogP contribution in [0.1, 0.15) is 19.4 Å². The number of nitrogens with zero attached hydrogens (tertiary/aromatic N) is 1. The van der Waals surface area contributed by atoms with E-state index in [4.69, 9.17) is 4.74 Å². The molecule has 1 amide bonds. The van der Waals surface area contributed by atoms with Gasteiger partial charge < -0.3 is 19.7 Å². The second-order valence-corrected chi connectivity index (χ2v) is 5.93. The molecule has 0 saturated heterocycles. The highest BCUT2D eigenvalue weighted by molar-refractivity contribution is 5.96. The lowest BCUT2D eigenvalue weighted by Crippen LogP contribution is -2.30. The largest absolute Gasteiger partial charge is 0.481 e. The Morgan fingerprint density at radius 2 is 2.08 bits per heavy atom. The predicted molar refractivity (Wildman–Crippen MR) is 98.7 cm³/mol. The highest BCUT2D eigenvalue weighted by Crippen LogP contribution is 2.21. The predicted octanol–water partition coefficient (Wildman–Crippen LogP) is 3.56. The fourth-order valence-corrected chi connectivity index (χ4v) is 2.76. The third kappa shape index (κ3) is 3.83. The Labute approximate surface area is 146 Å². The number of aliphatic hydroxyl groups is 1.